The van der Waals surface area contributed by atoms with Gasteiger partial charge in [0, 0.05) is 49.7 Å². The van der Waals surface area contributed by atoms with Gasteiger partial charge in [-0.1, -0.05) is 30.3 Å². The third kappa shape index (κ3) is 5.21. The van der Waals surface area contributed by atoms with Crippen molar-refractivity contribution < 1.29 is 9.53 Å². The monoisotopic (exact) mass is 418 g/mol. The molecule has 0 radical (unpaired) electrons. The summed E-state index contributed by atoms with van der Waals surface area (Å²) >= 11 is 0. The Kier molecular flexibility index (Phi) is 6.79. The van der Waals surface area contributed by atoms with Crippen molar-refractivity contribution in [3.8, 4) is 5.69 Å². The van der Waals surface area contributed by atoms with Crippen LogP contribution < -0.4 is 0 Å². The van der Waals surface area contributed by atoms with E-state index >= 15 is 0 Å². The van der Waals surface area contributed by atoms with Gasteiger partial charge in [0.05, 0.1) is 18.9 Å². The molecule has 162 valence electrons. The van der Waals surface area contributed by atoms with Crippen LogP contribution in [0.25, 0.3) is 5.69 Å². The molecular formula is C25H30N4O2. The second-order valence-corrected chi connectivity index (χ2v) is 8.11. The van der Waals surface area contributed by atoms with E-state index in [0.29, 0.717) is 12.1 Å². The van der Waals surface area contributed by atoms with E-state index in [1.165, 1.54) is 0 Å². The molecule has 1 fully saturated rings. The Morgan fingerprint density at radius 1 is 1.06 bits per heavy atom. The summed E-state index contributed by atoms with van der Waals surface area (Å²) in [7, 11) is 0. The molecule has 2 heterocycles. The zero-order valence-corrected chi connectivity index (χ0v) is 18.3. The first-order chi connectivity index (χ1) is 15.1. The normalized spacial score (nSPS) is 15.5. The summed E-state index contributed by atoms with van der Waals surface area (Å²) in [6.07, 6.45) is 1.78. The minimum Gasteiger partial charge on any atom is -0.379 e. The van der Waals surface area contributed by atoms with E-state index in [1.807, 2.05) is 65.0 Å². The zero-order chi connectivity index (χ0) is 21.6. The molecule has 1 aromatic heterocycles. The number of nitrogens with zero attached hydrogens (tertiary/aromatic N) is 4. The average molecular weight is 419 g/mol. The van der Waals surface area contributed by atoms with Gasteiger partial charge >= 0.3 is 0 Å². The van der Waals surface area contributed by atoms with E-state index < -0.39 is 0 Å². The molecule has 1 amide bonds. The highest BCUT2D eigenvalue weighted by atomic mass is 16.5. The van der Waals surface area contributed by atoms with Crippen molar-refractivity contribution in [1.82, 2.24) is 19.6 Å². The van der Waals surface area contributed by atoms with E-state index in [9.17, 15) is 4.79 Å². The molecule has 6 heteroatoms. The third-order valence-corrected chi connectivity index (χ3v) is 5.81. The van der Waals surface area contributed by atoms with E-state index in [2.05, 4.69) is 29.1 Å². The number of morpholine rings is 1. The van der Waals surface area contributed by atoms with Gasteiger partial charge in [-0.15, -0.1) is 0 Å². The lowest BCUT2D eigenvalue weighted by Crippen LogP contribution is -2.48. The van der Waals surface area contributed by atoms with Crippen LogP contribution in [0.2, 0.25) is 0 Å². The topological polar surface area (TPSA) is 50.6 Å². The SMILES string of the molecule is Cc1ccnn1-c1ccc(C(=O)N(Cc2ccccc2)C(C)CN2CCOCC2)cc1. The molecule has 0 bridgehead atoms. The first kappa shape index (κ1) is 21.3. The van der Waals surface area contributed by atoms with Crippen LogP contribution in [0.15, 0.2) is 66.9 Å². The van der Waals surface area contributed by atoms with Crippen LogP contribution in [0.4, 0.5) is 0 Å². The lowest BCUT2D eigenvalue weighted by molar-refractivity contribution is 0.0228. The number of hydrogen-bond acceptors (Lipinski definition) is 4. The van der Waals surface area contributed by atoms with Gasteiger partial charge in [0.25, 0.3) is 5.91 Å². The molecule has 31 heavy (non-hydrogen) atoms. The molecule has 1 saturated heterocycles. The number of ether oxygens (including phenoxy) is 1. The molecule has 1 aliphatic rings. The summed E-state index contributed by atoms with van der Waals surface area (Å²) in [5.74, 6) is 0.0494. The largest absolute Gasteiger partial charge is 0.379 e. The van der Waals surface area contributed by atoms with Crippen LogP contribution in [0.1, 0.15) is 28.5 Å². The average Bonchev–Trinajstić information content (AvgIpc) is 3.24. The highest BCUT2D eigenvalue weighted by Gasteiger charge is 2.24. The molecule has 1 atom stereocenters. The third-order valence-electron chi connectivity index (χ3n) is 5.81. The Morgan fingerprint density at radius 3 is 2.42 bits per heavy atom. The van der Waals surface area contributed by atoms with Crippen molar-refractivity contribution in [2.75, 3.05) is 32.8 Å². The summed E-state index contributed by atoms with van der Waals surface area (Å²) in [6, 6.07) is 20.0. The number of carbonyl (C=O) groups is 1. The van der Waals surface area contributed by atoms with E-state index in [-0.39, 0.29) is 11.9 Å². The zero-order valence-electron chi connectivity index (χ0n) is 18.3. The lowest BCUT2D eigenvalue weighted by atomic mass is 10.1. The quantitative estimate of drug-likeness (QED) is 0.589. The summed E-state index contributed by atoms with van der Waals surface area (Å²) in [4.78, 5) is 17.9. The molecule has 0 N–H and O–H groups in total. The van der Waals surface area contributed by atoms with Gasteiger partial charge in [0.1, 0.15) is 0 Å². The Morgan fingerprint density at radius 2 is 1.77 bits per heavy atom. The molecule has 3 aromatic rings. The van der Waals surface area contributed by atoms with Crippen LogP contribution in [0, 0.1) is 6.92 Å². The molecule has 0 saturated carbocycles. The molecule has 1 unspecified atom stereocenters. The first-order valence-electron chi connectivity index (χ1n) is 10.9. The molecule has 1 aliphatic heterocycles. The van der Waals surface area contributed by atoms with E-state index in [4.69, 9.17) is 4.74 Å². The van der Waals surface area contributed by atoms with Crippen molar-refractivity contribution in [2.45, 2.75) is 26.4 Å². The minimum atomic E-state index is 0.0494. The van der Waals surface area contributed by atoms with Gasteiger partial charge in [-0.25, -0.2) is 4.68 Å². The first-order valence-corrected chi connectivity index (χ1v) is 10.9. The standard InChI is InChI=1S/C25H30N4O2/c1-20-12-13-26-29(20)24-10-8-23(9-11-24)25(30)28(19-22-6-4-3-5-7-22)21(2)18-27-14-16-31-17-15-27/h3-13,21H,14-19H2,1-2H3. The Balaban J connectivity index is 1.54. The van der Waals surface area contributed by atoms with E-state index in [0.717, 1.165) is 49.8 Å². The number of amides is 1. The van der Waals surface area contributed by atoms with Gasteiger partial charge in [0.2, 0.25) is 0 Å². The number of hydrogen-bond donors (Lipinski definition) is 0. The second-order valence-electron chi connectivity index (χ2n) is 8.11. The predicted octanol–water partition coefficient (Wildman–Crippen LogP) is 3.54. The summed E-state index contributed by atoms with van der Waals surface area (Å²) in [5, 5.41) is 4.35. The molecular weight excluding hydrogens is 388 g/mol. The van der Waals surface area contributed by atoms with Gasteiger partial charge in [0.15, 0.2) is 0 Å². The van der Waals surface area contributed by atoms with E-state index in [1.54, 1.807) is 6.20 Å². The number of carbonyl (C=O) groups excluding carboxylic acids is 1. The van der Waals surface area contributed by atoms with Crippen molar-refractivity contribution in [1.29, 1.82) is 0 Å². The Labute approximate surface area is 184 Å². The second kappa shape index (κ2) is 9.90. The van der Waals surface area contributed by atoms with Crippen LogP contribution in [0.5, 0.6) is 0 Å². The van der Waals surface area contributed by atoms with Gasteiger partial charge in [-0.05, 0) is 49.7 Å². The van der Waals surface area contributed by atoms with Crippen LogP contribution in [0.3, 0.4) is 0 Å². The van der Waals surface area contributed by atoms with Crippen molar-refractivity contribution in [3.05, 3.63) is 83.7 Å². The molecule has 0 aliphatic carbocycles. The number of benzene rings is 2. The Bertz CT molecular complexity index is 978. The summed E-state index contributed by atoms with van der Waals surface area (Å²) in [5.41, 5.74) is 3.84. The van der Waals surface area contributed by atoms with Crippen molar-refractivity contribution in [2.24, 2.45) is 0 Å². The van der Waals surface area contributed by atoms with Crippen molar-refractivity contribution in [3.63, 3.8) is 0 Å². The minimum absolute atomic E-state index is 0.0494. The van der Waals surface area contributed by atoms with Crippen LogP contribution in [-0.4, -0.2) is 64.4 Å². The fourth-order valence-electron chi connectivity index (χ4n) is 4.01. The van der Waals surface area contributed by atoms with Gasteiger partial charge < -0.3 is 9.64 Å². The smallest absolute Gasteiger partial charge is 0.254 e. The maximum absolute atomic E-state index is 13.6. The summed E-state index contributed by atoms with van der Waals surface area (Å²) < 4.78 is 7.35. The lowest BCUT2D eigenvalue weighted by Gasteiger charge is -2.35. The maximum Gasteiger partial charge on any atom is 0.254 e. The molecule has 2 aromatic carbocycles. The molecule has 6 nitrogen and oxygen atoms in total. The molecule has 4 rings (SSSR count). The number of aromatic nitrogens is 2. The Hall–Kier alpha value is -2.96. The fourth-order valence-corrected chi connectivity index (χ4v) is 4.01. The summed E-state index contributed by atoms with van der Waals surface area (Å²) in [6.45, 7) is 8.92. The highest BCUT2D eigenvalue weighted by Crippen LogP contribution is 2.17. The van der Waals surface area contributed by atoms with Crippen LogP contribution >= 0.6 is 0 Å². The fraction of sp³-hybridized carbons (Fsp3) is 0.360. The van der Waals surface area contributed by atoms with Crippen molar-refractivity contribution >= 4 is 5.91 Å². The maximum atomic E-state index is 13.6. The number of aryl methyl sites for hydroxylation is 1. The predicted molar refractivity (Wildman–Crippen MR) is 121 cm³/mol. The highest BCUT2D eigenvalue weighted by molar-refractivity contribution is 5.94. The molecule has 0 spiro atoms. The van der Waals surface area contributed by atoms with Gasteiger partial charge in [-0.3, -0.25) is 9.69 Å². The van der Waals surface area contributed by atoms with Crippen LogP contribution in [-0.2, 0) is 11.3 Å². The number of rotatable bonds is 7. The van der Waals surface area contributed by atoms with Gasteiger partial charge in [-0.2, -0.15) is 5.10 Å².